The lowest BCUT2D eigenvalue weighted by Crippen LogP contribution is -2.35. The van der Waals surface area contributed by atoms with Crippen LogP contribution >= 0.6 is 11.6 Å². The van der Waals surface area contributed by atoms with E-state index in [1.165, 1.54) is 47.4 Å². The number of hydrogen-bond donors (Lipinski definition) is 2. The minimum atomic E-state index is -0.987. The van der Waals surface area contributed by atoms with Gasteiger partial charge < -0.3 is 20.0 Å². The second-order valence-electron chi connectivity index (χ2n) is 7.31. The molecule has 2 aromatic carbocycles. The second kappa shape index (κ2) is 8.75. The smallest absolute Gasteiger partial charge is 0.295 e. The third-order valence-corrected chi connectivity index (χ3v) is 5.20. The first-order valence-electron chi connectivity index (χ1n) is 9.28. The zero-order valence-corrected chi connectivity index (χ0v) is 17.5. The van der Waals surface area contributed by atoms with E-state index in [4.69, 9.17) is 11.6 Å². The van der Waals surface area contributed by atoms with Crippen molar-refractivity contribution in [3.8, 4) is 5.75 Å². The summed E-state index contributed by atoms with van der Waals surface area (Å²) in [5, 5.41) is 32.3. The van der Waals surface area contributed by atoms with Crippen LogP contribution < -0.4 is 0 Å². The third-order valence-electron chi connectivity index (χ3n) is 4.96. The molecule has 1 aliphatic heterocycles. The van der Waals surface area contributed by atoms with Crippen molar-refractivity contribution in [2.45, 2.75) is 6.04 Å². The van der Waals surface area contributed by atoms with Gasteiger partial charge in [0.1, 0.15) is 11.5 Å². The average Bonchev–Trinajstić information content (AvgIpc) is 2.98. The molecule has 0 aliphatic carbocycles. The fourth-order valence-corrected chi connectivity index (χ4v) is 3.56. The fraction of sp³-hybridized carbons (Fsp3) is 0.238. The van der Waals surface area contributed by atoms with Crippen LogP contribution in [0.25, 0.3) is 5.76 Å². The molecule has 0 radical (unpaired) electrons. The van der Waals surface area contributed by atoms with Crippen molar-refractivity contribution in [3.05, 3.63) is 74.3 Å². The summed E-state index contributed by atoms with van der Waals surface area (Å²) in [6.45, 7) is 0.622. The number of Topliss-reactive ketones (excluding diaryl/α,β-unsaturated/α-hetero) is 1. The molecule has 0 saturated carbocycles. The number of rotatable bonds is 6. The van der Waals surface area contributed by atoms with Gasteiger partial charge in [-0.15, -0.1) is 0 Å². The van der Waals surface area contributed by atoms with Gasteiger partial charge in [-0.05, 0) is 50.0 Å². The van der Waals surface area contributed by atoms with Crippen LogP contribution in [0.5, 0.6) is 5.75 Å². The number of non-ortho nitro benzene ring substituents is 1. The summed E-state index contributed by atoms with van der Waals surface area (Å²) in [7, 11) is 3.61. The van der Waals surface area contributed by atoms with Crippen LogP contribution in [0, 0.1) is 10.1 Å². The standard InChI is InChI=1S/C21H20ClN3O6/c1-23(2)9-10-24-18(12-3-6-14(7-4-12)25(30)31)17(20(28)21(24)29)19(27)15-11-13(22)5-8-16(15)26/h3-8,11,18,26-27H,9-10H2,1-2H3/b19-17-. The van der Waals surface area contributed by atoms with Crippen LogP contribution in [0.2, 0.25) is 5.02 Å². The van der Waals surface area contributed by atoms with Gasteiger partial charge in [-0.3, -0.25) is 19.7 Å². The van der Waals surface area contributed by atoms with Crippen LogP contribution in [0.4, 0.5) is 5.69 Å². The third kappa shape index (κ3) is 4.37. The number of phenols is 1. The summed E-state index contributed by atoms with van der Waals surface area (Å²) < 4.78 is 0. The fourth-order valence-electron chi connectivity index (χ4n) is 3.39. The highest BCUT2D eigenvalue weighted by Crippen LogP contribution is 2.41. The van der Waals surface area contributed by atoms with Gasteiger partial charge in [0, 0.05) is 30.2 Å². The van der Waals surface area contributed by atoms with Crippen molar-refractivity contribution < 1.29 is 24.7 Å². The van der Waals surface area contributed by atoms with Gasteiger partial charge in [-0.25, -0.2) is 0 Å². The lowest BCUT2D eigenvalue weighted by molar-refractivity contribution is -0.384. The van der Waals surface area contributed by atoms with Gasteiger partial charge in [0.2, 0.25) is 0 Å². The molecule has 3 rings (SSSR count). The molecule has 31 heavy (non-hydrogen) atoms. The van der Waals surface area contributed by atoms with E-state index in [1.54, 1.807) is 0 Å². The van der Waals surface area contributed by atoms with Crippen LogP contribution in [-0.2, 0) is 9.59 Å². The van der Waals surface area contributed by atoms with Crippen LogP contribution in [0.15, 0.2) is 48.0 Å². The second-order valence-corrected chi connectivity index (χ2v) is 7.74. The summed E-state index contributed by atoms with van der Waals surface area (Å²) in [5.74, 6) is -2.62. The van der Waals surface area contributed by atoms with Crippen molar-refractivity contribution in [3.63, 3.8) is 0 Å². The van der Waals surface area contributed by atoms with E-state index in [0.717, 1.165) is 0 Å². The Morgan fingerprint density at radius 2 is 1.84 bits per heavy atom. The Hall–Kier alpha value is -3.43. The van der Waals surface area contributed by atoms with Crippen molar-refractivity contribution in [2.24, 2.45) is 0 Å². The van der Waals surface area contributed by atoms with E-state index in [0.29, 0.717) is 12.1 Å². The number of carbonyl (C=O) groups is 2. The first kappa shape index (κ1) is 22.3. The molecule has 9 nitrogen and oxygen atoms in total. The summed E-state index contributed by atoms with van der Waals surface area (Å²) in [5.41, 5.74) is -0.0618. The maximum Gasteiger partial charge on any atom is 0.295 e. The Morgan fingerprint density at radius 1 is 1.19 bits per heavy atom. The molecule has 1 atom stereocenters. The molecule has 2 aromatic rings. The number of carbonyl (C=O) groups excluding carboxylic acids is 2. The van der Waals surface area contributed by atoms with E-state index in [2.05, 4.69) is 0 Å². The maximum atomic E-state index is 12.9. The Morgan fingerprint density at radius 3 is 2.42 bits per heavy atom. The van der Waals surface area contributed by atoms with Crippen molar-refractivity contribution in [1.29, 1.82) is 0 Å². The molecule has 0 aromatic heterocycles. The van der Waals surface area contributed by atoms with Crippen LogP contribution in [0.1, 0.15) is 17.2 Å². The Kier molecular flexibility index (Phi) is 6.28. The molecule has 0 spiro atoms. The molecule has 2 N–H and O–H groups in total. The van der Waals surface area contributed by atoms with Crippen molar-refractivity contribution >= 4 is 34.7 Å². The average molecular weight is 446 g/mol. The molecule has 0 bridgehead atoms. The van der Waals surface area contributed by atoms with Gasteiger partial charge in [-0.1, -0.05) is 11.6 Å². The SMILES string of the molecule is CN(C)CCN1C(=O)C(=O)/C(=C(\O)c2cc(Cl)ccc2O)C1c1ccc([N+](=O)[O-])cc1. The van der Waals surface area contributed by atoms with E-state index in [9.17, 15) is 29.9 Å². The molecule has 1 fully saturated rings. The first-order chi connectivity index (χ1) is 14.6. The van der Waals surface area contributed by atoms with Gasteiger partial charge in [0.05, 0.1) is 22.1 Å². The van der Waals surface area contributed by atoms with Crippen LogP contribution in [0.3, 0.4) is 0 Å². The number of aliphatic hydroxyl groups excluding tert-OH is 1. The number of ketones is 1. The number of hydrogen-bond acceptors (Lipinski definition) is 7. The lowest BCUT2D eigenvalue weighted by Gasteiger charge is -2.26. The predicted molar refractivity (Wildman–Crippen MR) is 114 cm³/mol. The number of amides is 1. The topological polar surface area (TPSA) is 124 Å². The highest BCUT2D eigenvalue weighted by Gasteiger charge is 2.46. The Labute approximate surface area is 182 Å². The van der Waals surface area contributed by atoms with E-state index >= 15 is 0 Å². The number of likely N-dealkylation sites (tertiary alicyclic amines) is 1. The summed E-state index contributed by atoms with van der Waals surface area (Å²) >= 11 is 5.97. The van der Waals surface area contributed by atoms with Gasteiger partial charge >= 0.3 is 0 Å². The van der Waals surface area contributed by atoms with Gasteiger partial charge in [0.15, 0.2) is 0 Å². The number of aromatic hydroxyl groups is 1. The summed E-state index contributed by atoms with van der Waals surface area (Å²) in [6, 6.07) is 8.37. The number of likely N-dealkylation sites (N-methyl/N-ethyl adjacent to an activating group) is 1. The number of nitrogens with zero attached hydrogens (tertiary/aromatic N) is 3. The number of phenolic OH excluding ortho intramolecular Hbond substituents is 1. The minimum Gasteiger partial charge on any atom is -0.507 e. The van der Waals surface area contributed by atoms with E-state index in [-0.39, 0.29) is 34.1 Å². The zero-order valence-electron chi connectivity index (χ0n) is 16.8. The Bertz CT molecular complexity index is 1080. The highest BCUT2D eigenvalue weighted by molar-refractivity contribution is 6.46. The normalized spacial score (nSPS) is 18.1. The number of aliphatic hydroxyl groups is 1. The molecule has 1 saturated heterocycles. The monoisotopic (exact) mass is 445 g/mol. The van der Waals surface area contributed by atoms with Crippen molar-refractivity contribution in [1.82, 2.24) is 9.80 Å². The van der Waals surface area contributed by atoms with E-state index < -0.39 is 28.4 Å². The maximum absolute atomic E-state index is 12.9. The molecular weight excluding hydrogens is 426 g/mol. The highest BCUT2D eigenvalue weighted by atomic mass is 35.5. The minimum absolute atomic E-state index is 0.0926. The largest absolute Gasteiger partial charge is 0.507 e. The molecule has 1 heterocycles. The molecule has 1 unspecified atom stereocenters. The Balaban J connectivity index is 2.19. The van der Waals surface area contributed by atoms with Gasteiger partial charge in [0.25, 0.3) is 17.4 Å². The number of nitro benzene ring substituents is 1. The summed E-state index contributed by atoms with van der Waals surface area (Å²) in [4.78, 5) is 39.2. The predicted octanol–water partition coefficient (Wildman–Crippen LogP) is 2.94. The molecule has 1 aliphatic rings. The lowest BCUT2D eigenvalue weighted by atomic mass is 9.95. The molecule has 162 valence electrons. The van der Waals surface area contributed by atoms with E-state index in [1.807, 2.05) is 19.0 Å². The van der Waals surface area contributed by atoms with Gasteiger partial charge in [-0.2, -0.15) is 0 Å². The summed E-state index contributed by atoms with van der Waals surface area (Å²) in [6.07, 6.45) is 0. The quantitative estimate of drug-likeness (QED) is 0.230. The van der Waals surface area contributed by atoms with Crippen LogP contribution in [-0.4, -0.2) is 63.8 Å². The number of benzene rings is 2. The zero-order chi connectivity index (χ0) is 22.9. The molecule has 1 amide bonds. The number of halogens is 1. The number of nitro groups is 1. The van der Waals surface area contributed by atoms with Crippen molar-refractivity contribution in [2.75, 3.05) is 27.2 Å². The molecular formula is C21H20ClN3O6. The molecule has 10 heteroatoms. The first-order valence-corrected chi connectivity index (χ1v) is 9.66.